The molecule has 4 heterocycles. The zero-order chi connectivity index (χ0) is 27.4. The molecule has 2 aromatic rings. The van der Waals surface area contributed by atoms with Gasteiger partial charge in [-0.05, 0) is 38.0 Å². The summed E-state index contributed by atoms with van der Waals surface area (Å²) in [6.07, 6.45) is -1.49. The number of halogens is 1. The maximum Gasteiger partial charge on any atom is 0.416 e. The van der Waals surface area contributed by atoms with Crippen molar-refractivity contribution in [2.45, 2.75) is 77.3 Å². The third-order valence-corrected chi connectivity index (χ3v) is 12.4. The van der Waals surface area contributed by atoms with Crippen LogP contribution in [-0.2, 0) is 23.4 Å². The van der Waals surface area contributed by atoms with E-state index < -0.39 is 32.6 Å². The topological polar surface area (TPSA) is 95.7 Å². The first-order chi connectivity index (χ1) is 17.9. The van der Waals surface area contributed by atoms with Gasteiger partial charge in [0.1, 0.15) is 6.61 Å². The molecule has 0 bridgehead atoms. The summed E-state index contributed by atoms with van der Waals surface area (Å²) in [6, 6.07) is 1.34. The fourth-order valence-electron chi connectivity index (χ4n) is 4.97. The molecule has 0 unspecified atom stereocenters. The minimum atomic E-state index is -2.08. The van der Waals surface area contributed by atoms with Crippen molar-refractivity contribution in [2.24, 2.45) is 0 Å². The maximum atomic E-state index is 16.3. The minimum Gasteiger partial charge on any atom is -0.447 e. The zero-order valence-electron chi connectivity index (χ0n) is 23.2. The molecule has 12 heteroatoms. The van der Waals surface area contributed by atoms with Crippen LogP contribution in [0.1, 0.15) is 46.5 Å². The van der Waals surface area contributed by atoms with Crippen molar-refractivity contribution >= 4 is 36.9 Å². The lowest BCUT2D eigenvalue weighted by molar-refractivity contribution is -0.0445. The molecule has 0 spiro atoms. The number of ether oxygens (including phenoxy) is 4. The summed E-state index contributed by atoms with van der Waals surface area (Å²) in [5, 5.41) is 4.52. The second-order valence-electron chi connectivity index (χ2n) is 11.9. The van der Waals surface area contributed by atoms with E-state index in [9.17, 15) is 4.79 Å². The highest BCUT2D eigenvalue weighted by Crippen LogP contribution is 2.43. The van der Waals surface area contributed by atoms with Crippen LogP contribution in [0.5, 0.6) is 0 Å². The third-order valence-electron chi connectivity index (χ3n) is 7.93. The number of carbonyl (C=O) groups is 1. The van der Waals surface area contributed by atoms with Gasteiger partial charge in [-0.3, -0.25) is 0 Å². The summed E-state index contributed by atoms with van der Waals surface area (Å²) < 4.78 is 51.1. The molecule has 0 saturated carbocycles. The van der Waals surface area contributed by atoms with Crippen LogP contribution in [0.3, 0.4) is 0 Å². The van der Waals surface area contributed by atoms with Gasteiger partial charge in [0.25, 0.3) is 0 Å². The number of hydrogen-bond acceptors (Lipinski definition) is 9. The van der Waals surface area contributed by atoms with E-state index in [-0.39, 0.29) is 41.9 Å². The summed E-state index contributed by atoms with van der Waals surface area (Å²) >= 11 is 0. The summed E-state index contributed by atoms with van der Waals surface area (Å²) in [4.78, 5) is 16.2. The Morgan fingerprint density at radius 3 is 2.45 bits per heavy atom. The van der Waals surface area contributed by atoms with Crippen LogP contribution in [0, 0.1) is 5.82 Å². The quantitative estimate of drug-likeness (QED) is 0.461. The zero-order valence-corrected chi connectivity index (χ0v) is 24.2. The van der Waals surface area contributed by atoms with Gasteiger partial charge in [0.05, 0.1) is 49.1 Å². The van der Waals surface area contributed by atoms with Gasteiger partial charge in [0, 0.05) is 18.7 Å². The molecule has 3 atom stereocenters. The van der Waals surface area contributed by atoms with E-state index in [0.717, 1.165) is 0 Å². The average molecular weight is 552 g/mol. The lowest BCUT2D eigenvalue weighted by atomic mass is 10.0. The smallest absolute Gasteiger partial charge is 0.416 e. The van der Waals surface area contributed by atoms with Gasteiger partial charge in [-0.2, -0.15) is 0 Å². The Morgan fingerprint density at radius 2 is 1.82 bits per heavy atom. The molecule has 3 aliphatic heterocycles. The van der Waals surface area contributed by atoms with Gasteiger partial charge >= 0.3 is 6.09 Å². The van der Waals surface area contributed by atoms with Gasteiger partial charge in [-0.1, -0.05) is 25.9 Å². The summed E-state index contributed by atoms with van der Waals surface area (Å²) in [5.74, 6) is -0.377. The van der Waals surface area contributed by atoms with Crippen molar-refractivity contribution < 1.29 is 37.1 Å². The van der Waals surface area contributed by atoms with Crippen molar-refractivity contribution in [3.63, 3.8) is 0 Å². The van der Waals surface area contributed by atoms with Crippen molar-refractivity contribution in [1.82, 2.24) is 5.16 Å². The molecule has 3 aliphatic rings. The van der Waals surface area contributed by atoms with Gasteiger partial charge in [0.15, 0.2) is 26.2 Å². The van der Waals surface area contributed by atoms with E-state index in [1.165, 1.54) is 4.90 Å². The molecule has 210 valence electrons. The van der Waals surface area contributed by atoms with Crippen LogP contribution in [0.15, 0.2) is 10.6 Å². The first-order valence-electron chi connectivity index (χ1n) is 13.2. The van der Waals surface area contributed by atoms with Crippen molar-refractivity contribution in [3.8, 4) is 0 Å². The Labute approximate surface area is 223 Å². The summed E-state index contributed by atoms with van der Waals surface area (Å²) in [5.41, 5.74) is 0.836. The van der Waals surface area contributed by atoms with Crippen molar-refractivity contribution in [3.05, 3.63) is 17.4 Å². The minimum absolute atomic E-state index is 0.00604. The Morgan fingerprint density at radius 1 is 1.16 bits per heavy atom. The predicted molar refractivity (Wildman–Crippen MR) is 142 cm³/mol. The summed E-state index contributed by atoms with van der Waals surface area (Å²) in [6.45, 7) is 16.9. The molecule has 1 aromatic carbocycles. The SMILES string of the molecule is C[C@@H]1CN(c2c(C3OCCO3)cc3c(N4C(=O)OC[C@@H]4CO[Si](C)(C)C(C)(C)C)noc3c2F)C[C@H](C)O1. The number of cyclic esters (lactones) is 1. The largest absolute Gasteiger partial charge is 0.447 e. The fourth-order valence-corrected chi connectivity index (χ4v) is 6.01. The Bertz CT molecular complexity index is 1180. The predicted octanol–water partition coefficient (Wildman–Crippen LogP) is 4.97. The first kappa shape index (κ1) is 27.3. The Hall–Kier alpha value is -2.25. The van der Waals surface area contributed by atoms with Crippen molar-refractivity contribution in [1.29, 1.82) is 0 Å². The van der Waals surface area contributed by atoms with Crippen LogP contribution >= 0.6 is 0 Å². The van der Waals surface area contributed by atoms with Crippen molar-refractivity contribution in [2.75, 3.05) is 49.3 Å². The third kappa shape index (κ3) is 4.92. The van der Waals surface area contributed by atoms with Crippen LogP contribution < -0.4 is 9.80 Å². The molecule has 5 rings (SSSR count). The van der Waals surface area contributed by atoms with E-state index in [1.54, 1.807) is 6.07 Å². The number of aromatic nitrogens is 1. The summed E-state index contributed by atoms with van der Waals surface area (Å²) in [7, 11) is -2.08. The van der Waals surface area contributed by atoms with E-state index in [2.05, 4.69) is 39.0 Å². The van der Waals surface area contributed by atoms with Gasteiger partial charge in [-0.25, -0.2) is 14.1 Å². The molecule has 38 heavy (non-hydrogen) atoms. The van der Waals surface area contributed by atoms with E-state index >= 15 is 4.39 Å². The number of carbonyl (C=O) groups excluding carboxylic acids is 1. The van der Waals surface area contributed by atoms with Crippen LogP contribution in [0.2, 0.25) is 18.1 Å². The number of benzene rings is 1. The standard InChI is InChI=1S/C26H38FN3O7Si/c1-15-11-29(12-16(2)36-15)21-18(24-32-8-9-33-24)10-19-22(20(21)27)37-28-23(19)30-17(13-34-25(30)31)14-35-38(6,7)26(3,4)5/h10,15-17,24H,8-9,11-14H2,1-7H3/t15-,16+,17-/m1/s1. The van der Waals surface area contributed by atoms with Gasteiger partial charge in [-0.15, -0.1) is 0 Å². The molecule has 0 N–H and O–H groups in total. The molecular weight excluding hydrogens is 513 g/mol. The molecule has 10 nitrogen and oxygen atoms in total. The maximum absolute atomic E-state index is 16.3. The monoisotopic (exact) mass is 551 g/mol. The lowest BCUT2D eigenvalue weighted by Gasteiger charge is -2.38. The second kappa shape index (κ2) is 10.1. The Kier molecular flexibility index (Phi) is 7.23. The molecular formula is C26H38FN3O7Si. The highest BCUT2D eigenvalue weighted by molar-refractivity contribution is 6.74. The molecule has 0 radical (unpaired) electrons. The second-order valence-corrected chi connectivity index (χ2v) is 16.7. The van der Waals surface area contributed by atoms with Crippen LogP contribution in [0.25, 0.3) is 11.0 Å². The number of morpholine rings is 1. The molecule has 3 saturated heterocycles. The number of fused-ring (bicyclic) bond motifs is 1. The highest BCUT2D eigenvalue weighted by atomic mass is 28.4. The molecule has 3 fully saturated rings. The number of anilines is 2. The fraction of sp³-hybridized carbons (Fsp3) is 0.692. The Balaban J connectivity index is 1.54. The highest BCUT2D eigenvalue weighted by Gasteiger charge is 2.43. The van der Waals surface area contributed by atoms with Gasteiger partial charge < -0.3 is 32.8 Å². The lowest BCUT2D eigenvalue weighted by Crippen LogP contribution is -2.46. The number of hydrogen-bond donors (Lipinski definition) is 0. The number of nitrogens with zero attached hydrogens (tertiary/aromatic N) is 3. The van der Waals surface area contributed by atoms with E-state index in [1.807, 2.05) is 18.7 Å². The average Bonchev–Trinajstić information content (AvgIpc) is 3.56. The number of rotatable bonds is 6. The molecule has 0 aliphatic carbocycles. The van der Waals surface area contributed by atoms with Gasteiger partial charge in [0.2, 0.25) is 5.58 Å². The van der Waals surface area contributed by atoms with E-state index in [0.29, 0.717) is 42.9 Å². The first-order valence-corrected chi connectivity index (χ1v) is 16.1. The molecule has 1 aromatic heterocycles. The van der Waals surface area contributed by atoms with Crippen LogP contribution in [0.4, 0.5) is 20.7 Å². The van der Waals surface area contributed by atoms with Crippen LogP contribution in [-0.4, -0.2) is 77.3 Å². The van der Waals surface area contributed by atoms with E-state index in [4.69, 9.17) is 27.9 Å². The molecule has 1 amide bonds. The number of amides is 1. The normalized spacial score (nSPS) is 25.6.